The van der Waals surface area contributed by atoms with Gasteiger partial charge in [0.05, 0.1) is 11.5 Å². The third-order valence-electron chi connectivity index (χ3n) is 5.54. The third kappa shape index (κ3) is 9.66. The predicted octanol–water partition coefficient (Wildman–Crippen LogP) is 4.74. The van der Waals surface area contributed by atoms with Crippen LogP contribution in [0.3, 0.4) is 0 Å². The Morgan fingerprint density at radius 1 is 1.03 bits per heavy atom. The summed E-state index contributed by atoms with van der Waals surface area (Å²) < 4.78 is 39.5. The number of H-pyrrole nitrogens is 1. The Bertz CT molecular complexity index is 1230. The minimum absolute atomic E-state index is 0.110. The van der Waals surface area contributed by atoms with E-state index in [0.29, 0.717) is 25.9 Å². The lowest BCUT2D eigenvalue weighted by Gasteiger charge is -2.24. The van der Waals surface area contributed by atoms with Crippen LogP contribution in [0.15, 0.2) is 65.7 Å². The number of ether oxygens (including phenoxy) is 2. The highest BCUT2D eigenvalue weighted by molar-refractivity contribution is 7.89. The first-order chi connectivity index (χ1) is 17.5. The van der Waals surface area contributed by atoms with Crippen LogP contribution in [0.25, 0.3) is 0 Å². The summed E-state index contributed by atoms with van der Waals surface area (Å²) in [6.45, 7) is 7.82. The molecule has 0 amide bonds. The molecule has 9 heteroatoms. The molecule has 3 rings (SSSR count). The molecule has 2 N–H and O–H groups in total. The fraction of sp³-hybridized carbons (Fsp3) is 0.429. The Labute approximate surface area is 219 Å². The highest BCUT2D eigenvalue weighted by atomic mass is 32.2. The molecule has 0 bridgehead atoms. The quantitative estimate of drug-likeness (QED) is 0.245. The van der Waals surface area contributed by atoms with Crippen molar-refractivity contribution < 1.29 is 22.7 Å². The summed E-state index contributed by atoms with van der Waals surface area (Å²) >= 11 is 0. The maximum absolute atomic E-state index is 12.8. The van der Waals surface area contributed by atoms with Crippen molar-refractivity contribution in [3.05, 3.63) is 77.9 Å². The number of hydrogen-bond donors (Lipinski definition) is 2. The summed E-state index contributed by atoms with van der Waals surface area (Å²) in [5.74, 6) is 1.13. The first-order valence-electron chi connectivity index (χ1n) is 12.5. The molecular formula is C28H37N3O5S. The van der Waals surface area contributed by atoms with Crippen LogP contribution in [0.4, 0.5) is 0 Å². The van der Waals surface area contributed by atoms with Gasteiger partial charge in [-0.25, -0.2) is 13.4 Å². The summed E-state index contributed by atoms with van der Waals surface area (Å²) in [6.07, 6.45) is 5.22. The average molecular weight is 528 g/mol. The van der Waals surface area contributed by atoms with Gasteiger partial charge in [-0.3, -0.25) is 4.79 Å². The van der Waals surface area contributed by atoms with E-state index in [0.717, 1.165) is 35.7 Å². The number of carbonyl (C=O) groups excluding carboxylic acids is 1. The summed E-state index contributed by atoms with van der Waals surface area (Å²) in [4.78, 5) is 20.3. The number of imidazole rings is 1. The number of carbonyl (C=O) groups is 1. The summed E-state index contributed by atoms with van der Waals surface area (Å²) in [6, 6.07) is 14.9. The first kappa shape index (κ1) is 28.4. The Hall–Kier alpha value is -3.17. The number of aromatic amines is 1. The second-order valence-electron chi connectivity index (χ2n) is 10.0. The van der Waals surface area contributed by atoms with Gasteiger partial charge >= 0.3 is 5.97 Å². The van der Waals surface area contributed by atoms with Gasteiger partial charge in [-0.1, -0.05) is 30.3 Å². The van der Waals surface area contributed by atoms with Crippen LogP contribution in [0, 0.1) is 6.92 Å². The zero-order chi connectivity index (χ0) is 26.9. The van der Waals surface area contributed by atoms with Crippen molar-refractivity contribution in [1.29, 1.82) is 0 Å². The van der Waals surface area contributed by atoms with E-state index >= 15 is 0 Å². The highest BCUT2D eigenvalue weighted by Gasteiger charge is 2.29. The predicted molar refractivity (Wildman–Crippen MR) is 143 cm³/mol. The van der Waals surface area contributed by atoms with Crippen molar-refractivity contribution in [2.24, 2.45) is 0 Å². The van der Waals surface area contributed by atoms with Crippen molar-refractivity contribution in [2.75, 3.05) is 6.61 Å². The van der Waals surface area contributed by atoms with Crippen molar-refractivity contribution in [3.63, 3.8) is 0 Å². The van der Waals surface area contributed by atoms with E-state index in [2.05, 4.69) is 14.7 Å². The van der Waals surface area contributed by atoms with Crippen molar-refractivity contribution >= 4 is 16.0 Å². The van der Waals surface area contributed by atoms with Crippen LogP contribution in [0.1, 0.15) is 57.1 Å². The Morgan fingerprint density at radius 3 is 2.35 bits per heavy atom. The molecule has 2 aromatic carbocycles. The minimum atomic E-state index is -3.86. The number of nitrogens with zero attached hydrogens (tertiary/aromatic N) is 1. The molecule has 1 aromatic heterocycles. The van der Waals surface area contributed by atoms with Gasteiger partial charge in [0.25, 0.3) is 0 Å². The molecule has 200 valence electrons. The smallest absolute Gasteiger partial charge is 0.324 e. The molecule has 8 nitrogen and oxygen atoms in total. The molecule has 0 radical (unpaired) electrons. The molecule has 0 fully saturated rings. The van der Waals surface area contributed by atoms with Gasteiger partial charge in [0, 0.05) is 11.9 Å². The van der Waals surface area contributed by atoms with E-state index in [1.54, 1.807) is 39.0 Å². The summed E-state index contributed by atoms with van der Waals surface area (Å²) in [7, 11) is -3.86. The van der Waals surface area contributed by atoms with E-state index in [1.807, 2.05) is 37.4 Å². The van der Waals surface area contributed by atoms with Gasteiger partial charge in [0.1, 0.15) is 23.2 Å². The second kappa shape index (κ2) is 12.9. The van der Waals surface area contributed by atoms with Gasteiger partial charge in [0.2, 0.25) is 10.0 Å². The van der Waals surface area contributed by atoms with Gasteiger partial charge in [-0.2, -0.15) is 4.72 Å². The van der Waals surface area contributed by atoms with E-state index in [1.165, 1.54) is 12.1 Å². The zero-order valence-corrected chi connectivity index (χ0v) is 22.8. The summed E-state index contributed by atoms with van der Waals surface area (Å²) in [5.41, 5.74) is 1.46. The molecule has 37 heavy (non-hydrogen) atoms. The van der Waals surface area contributed by atoms with E-state index < -0.39 is 27.6 Å². The lowest BCUT2D eigenvalue weighted by Crippen LogP contribution is -2.44. The monoisotopic (exact) mass is 527 g/mol. The molecule has 0 spiro atoms. The van der Waals surface area contributed by atoms with Crippen LogP contribution < -0.4 is 9.46 Å². The molecule has 1 atom stereocenters. The molecular weight excluding hydrogens is 490 g/mol. The van der Waals surface area contributed by atoms with Crippen LogP contribution in [0.2, 0.25) is 0 Å². The highest BCUT2D eigenvalue weighted by Crippen LogP contribution is 2.18. The number of nitrogens with one attached hydrogen (secondary N) is 2. The van der Waals surface area contributed by atoms with E-state index in [-0.39, 0.29) is 4.90 Å². The Kier molecular flexibility index (Phi) is 9.88. The molecule has 3 aromatic rings. The molecule has 0 aliphatic heterocycles. The van der Waals surface area contributed by atoms with Crippen molar-refractivity contribution in [2.45, 2.75) is 76.3 Å². The van der Waals surface area contributed by atoms with Crippen LogP contribution in [0.5, 0.6) is 5.75 Å². The van der Waals surface area contributed by atoms with Gasteiger partial charge in [-0.15, -0.1) is 0 Å². The van der Waals surface area contributed by atoms with E-state index in [4.69, 9.17) is 9.47 Å². The Morgan fingerprint density at radius 2 is 1.73 bits per heavy atom. The number of sulfonamides is 1. The minimum Gasteiger partial charge on any atom is -0.494 e. The second-order valence-corrected chi connectivity index (χ2v) is 11.7. The zero-order valence-electron chi connectivity index (χ0n) is 22.0. The lowest BCUT2D eigenvalue weighted by atomic mass is 10.0. The van der Waals surface area contributed by atoms with E-state index in [9.17, 15) is 13.2 Å². The fourth-order valence-corrected chi connectivity index (χ4v) is 5.01. The maximum atomic E-state index is 12.8. The normalized spacial score (nSPS) is 12.8. The number of aryl methyl sites for hydroxylation is 3. The molecule has 1 heterocycles. The Balaban J connectivity index is 1.51. The van der Waals surface area contributed by atoms with Crippen molar-refractivity contribution in [3.8, 4) is 5.75 Å². The first-order valence-corrected chi connectivity index (χ1v) is 14.0. The maximum Gasteiger partial charge on any atom is 0.324 e. The number of benzene rings is 2. The average Bonchev–Trinajstić information content (AvgIpc) is 3.26. The number of hydrogen-bond acceptors (Lipinski definition) is 6. The lowest BCUT2D eigenvalue weighted by molar-refractivity contribution is -0.157. The van der Waals surface area contributed by atoms with Crippen LogP contribution in [-0.2, 0) is 32.4 Å². The van der Waals surface area contributed by atoms with Gasteiger partial charge in [-0.05, 0) is 89.6 Å². The molecule has 0 saturated heterocycles. The molecule has 0 aliphatic carbocycles. The molecule has 0 saturated carbocycles. The molecule has 0 aliphatic rings. The number of rotatable bonds is 13. The van der Waals surface area contributed by atoms with Crippen LogP contribution >= 0.6 is 0 Å². The third-order valence-corrected chi connectivity index (χ3v) is 7.03. The van der Waals surface area contributed by atoms with Gasteiger partial charge < -0.3 is 14.5 Å². The van der Waals surface area contributed by atoms with Crippen molar-refractivity contribution in [1.82, 2.24) is 14.7 Å². The van der Waals surface area contributed by atoms with Crippen LogP contribution in [-0.4, -0.2) is 42.6 Å². The fourth-order valence-electron chi connectivity index (χ4n) is 3.77. The topological polar surface area (TPSA) is 110 Å². The summed E-state index contributed by atoms with van der Waals surface area (Å²) in [5, 5.41) is 0. The number of esters is 1. The number of aromatic nitrogens is 2. The SMILES string of the molecule is Cc1ncc(CCCOc2ccc(CCC[C@H](NS(=O)(=O)c3ccccc3)C(=O)OC(C)(C)C)cc2)[nH]1. The standard InChI is InChI=1S/C28H37N3O5S/c1-21-29-20-23(30-21)11-9-19-35-24-17-15-22(16-18-24)10-8-14-26(27(32)36-28(2,3)4)31-37(33,34)25-12-6-5-7-13-25/h5-7,12-13,15-18,20,26,31H,8-11,14,19H2,1-4H3,(H,29,30)/t26-/m0/s1. The molecule has 0 unspecified atom stereocenters. The van der Waals surface area contributed by atoms with Gasteiger partial charge in [0.15, 0.2) is 0 Å². The largest absolute Gasteiger partial charge is 0.494 e.